The van der Waals surface area contributed by atoms with Crippen LogP contribution in [0.1, 0.15) is 32.1 Å². The first-order valence-electron chi connectivity index (χ1n) is 9.78. The van der Waals surface area contributed by atoms with E-state index in [0.29, 0.717) is 18.8 Å². The largest absolute Gasteiger partial charge is 0.497 e. The first kappa shape index (κ1) is 21.5. The summed E-state index contributed by atoms with van der Waals surface area (Å²) < 4.78 is 37.9. The number of carbonyl (C=O) groups is 2. The third kappa shape index (κ3) is 5.26. The van der Waals surface area contributed by atoms with E-state index in [-0.39, 0.29) is 24.0 Å². The third-order valence-corrected chi connectivity index (χ3v) is 7.06. The summed E-state index contributed by atoms with van der Waals surface area (Å²) in [5.41, 5.74) is 0. The molecule has 10 heteroatoms. The van der Waals surface area contributed by atoms with Crippen molar-refractivity contribution in [3.8, 4) is 5.75 Å². The van der Waals surface area contributed by atoms with Crippen molar-refractivity contribution in [3.63, 3.8) is 0 Å². The van der Waals surface area contributed by atoms with E-state index in [4.69, 9.17) is 9.47 Å². The highest BCUT2D eigenvalue weighted by Gasteiger charge is 2.35. The molecule has 1 atom stereocenters. The number of methoxy groups -OCH3 is 1. The van der Waals surface area contributed by atoms with Gasteiger partial charge in [-0.2, -0.15) is 4.31 Å². The van der Waals surface area contributed by atoms with Crippen LogP contribution < -0.4 is 15.4 Å². The summed E-state index contributed by atoms with van der Waals surface area (Å²) >= 11 is 0. The molecule has 2 amide bonds. The smallest absolute Gasteiger partial charge is 0.309 e. The zero-order valence-corrected chi connectivity index (χ0v) is 17.2. The van der Waals surface area contributed by atoms with Gasteiger partial charge in [-0.15, -0.1) is 0 Å². The van der Waals surface area contributed by atoms with Crippen molar-refractivity contribution in [2.75, 3.05) is 26.8 Å². The minimum Gasteiger partial charge on any atom is -0.497 e. The lowest BCUT2D eigenvalue weighted by Gasteiger charge is -2.34. The number of hydrogen-bond donors (Lipinski definition) is 2. The molecule has 0 spiro atoms. The van der Waals surface area contributed by atoms with Crippen LogP contribution in [0.3, 0.4) is 0 Å². The molecule has 1 heterocycles. The number of nitrogens with zero attached hydrogens (tertiary/aromatic N) is 1. The van der Waals surface area contributed by atoms with Gasteiger partial charge in [0.05, 0.1) is 25.2 Å². The number of rotatable bonds is 6. The Morgan fingerprint density at radius 3 is 2.48 bits per heavy atom. The van der Waals surface area contributed by atoms with E-state index in [2.05, 4.69) is 10.6 Å². The second kappa shape index (κ2) is 9.55. The lowest BCUT2D eigenvalue weighted by atomic mass is 10.2. The second-order valence-electron chi connectivity index (χ2n) is 7.14. The standard InChI is InChI=1S/C19H27N3O6S/c1-27-15-7-9-16(10-8-15)29(25,26)22-11-4-12-28-17(22)13-20-18(23)19(24)21-14-5-2-3-6-14/h7-10,14,17H,2-6,11-13H2,1H3,(H,20,23)(H,21,24)/t17-/m1/s1. The lowest BCUT2D eigenvalue weighted by molar-refractivity contribution is -0.140. The van der Waals surface area contributed by atoms with Gasteiger partial charge in [0.25, 0.3) is 0 Å². The van der Waals surface area contributed by atoms with Crippen LogP contribution in [-0.2, 0) is 24.3 Å². The van der Waals surface area contributed by atoms with Crippen molar-refractivity contribution in [1.82, 2.24) is 14.9 Å². The Morgan fingerprint density at radius 1 is 1.14 bits per heavy atom. The summed E-state index contributed by atoms with van der Waals surface area (Å²) in [7, 11) is -2.32. The van der Waals surface area contributed by atoms with E-state index < -0.39 is 28.1 Å². The number of benzene rings is 1. The van der Waals surface area contributed by atoms with Crippen LogP contribution in [0.2, 0.25) is 0 Å². The van der Waals surface area contributed by atoms with Crippen molar-refractivity contribution in [2.45, 2.75) is 49.3 Å². The van der Waals surface area contributed by atoms with Crippen molar-refractivity contribution in [2.24, 2.45) is 0 Å². The van der Waals surface area contributed by atoms with Crippen LogP contribution in [0.5, 0.6) is 5.75 Å². The van der Waals surface area contributed by atoms with Crippen molar-refractivity contribution in [1.29, 1.82) is 0 Å². The Morgan fingerprint density at radius 2 is 1.83 bits per heavy atom. The van der Waals surface area contributed by atoms with E-state index in [1.54, 1.807) is 12.1 Å². The van der Waals surface area contributed by atoms with Crippen molar-refractivity contribution < 1.29 is 27.5 Å². The van der Waals surface area contributed by atoms with Crippen LogP contribution in [0.4, 0.5) is 0 Å². The average Bonchev–Trinajstić information content (AvgIpc) is 3.25. The molecule has 0 unspecified atom stereocenters. The van der Waals surface area contributed by atoms with Crippen LogP contribution in [0.25, 0.3) is 0 Å². The molecule has 1 saturated heterocycles. The maximum absolute atomic E-state index is 13.0. The highest BCUT2D eigenvalue weighted by molar-refractivity contribution is 7.89. The van der Waals surface area contributed by atoms with Crippen LogP contribution in [0.15, 0.2) is 29.2 Å². The molecule has 0 aromatic heterocycles. The van der Waals surface area contributed by atoms with Gasteiger partial charge in [-0.25, -0.2) is 8.42 Å². The first-order valence-corrected chi connectivity index (χ1v) is 11.2. The molecule has 2 fully saturated rings. The predicted octanol–water partition coefficient (Wildman–Crippen LogP) is 0.607. The maximum Gasteiger partial charge on any atom is 0.309 e. The Balaban J connectivity index is 1.62. The fraction of sp³-hybridized carbons (Fsp3) is 0.579. The number of amides is 2. The summed E-state index contributed by atoms with van der Waals surface area (Å²) in [6.07, 6.45) is 3.50. The number of sulfonamides is 1. The van der Waals surface area contributed by atoms with Gasteiger partial charge in [0.1, 0.15) is 12.0 Å². The van der Waals surface area contributed by atoms with Gasteiger partial charge in [0.15, 0.2) is 0 Å². The topological polar surface area (TPSA) is 114 Å². The van der Waals surface area contributed by atoms with E-state index in [1.165, 1.54) is 23.5 Å². The van der Waals surface area contributed by atoms with Gasteiger partial charge in [-0.3, -0.25) is 9.59 Å². The molecule has 1 aliphatic carbocycles. The van der Waals surface area contributed by atoms with Crippen molar-refractivity contribution in [3.05, 3.63) is 24.3 Å². The van der Waals surface area contributed by atoms with E-state index >= 15 is 0 Å². The molecule has 2 aliphatic rings. The Bertz CT molecular complexity index is 821. The third-order valence-electron chi connectivity index (χ3n) is 5.15. The lowest BCUT2D eigenvalue weighted by Crippen LogP contribution is -2.53. The summed E-state index contributed by atoms with van der Waals surface area (Å²) in [5, 5.41) is 5.20. The molecule has 3 rings (SSSR count). The van der Waals surface area contributed by atoms with Crippen LogP contribution in [0, 0.1) is 0 Å². The molecule has 1 aromatic carbocycles. The summed E-state index contributed by atoms with van der Waals surface area (Å²) in [4.78, 5) is 24.2. The van der Waals surface area contributed by atoms with E-state index in [9.17, 15) is 18.0 Å². The SMILES string of the molecule is COc1ccc(S(=O)(=O)N2CCCO[C@@H]2CNC(=O)C(=O)NC2CCCC2)cc1. The zero-order chi connectivity index (χ0) is 20.9. The molecule has 9 nitrogen and oxygen atoms in total. The van der Waals surface area contributed by atoms with Crippen LogP contribution in [-0.4, -0.2) is 63.6 Å². The molecule has 160 valence electrons. The average molecular weight is 426 g/mol. The Hall–Kier alpha value is -2.17. The van der Waals surface area contributed by atoms with Gasteiger partial charge >= 0.3 is 11.8 Å². The fourth-order valence-corrected chi connectivity index (χ4v) is 5.13. The molecule has 29 heavy (non-hydrogen) atoms. The summed E-state index contributed by atoms with van der Waals surface area (Å²) in [6, 6.07) is 6.11. The number of hydrogen-bond acceptors (Lipinski definition) is 6. The highest BCUT2D eigenvalue weighted by atomic mass is 32.2. The van der Waals surface area contributed by atoms with Gasteiger partial charge in [0.2, 0.25) is 10.0 Å². The molecule has 1 aliphatic heterocycles. The quantitative estimate of drug-likeness (QED) is 0.646. The number of ether oxygens (including phenoxy) is 2. The predicted molar refractivity (Wildman–Crippen MR) is 105 cm³/mol. The van der Waals surface area contributed by atoms with Crippen molar-refractivity contribution >= 4 is 21.8 Å². The van der Waals surface area contributed by atoms with E-state index in [0.717, 1.165) is 25.7 Å². The monoisotopic (exact) mass is 425 g/mol. The van der Waals surface area contributed by atoms with Gasteiger partial charge < -0.3 is 20.1 Å². The minimum atomic E-state index is -3.82. The Kier molecular flexibility index (Phi) is 7.09. The zero-order valence-electron chi connectivity index (χ0n) is 16.4. The normalized spacial score (nSPS) is 20.9. The maximum atomic E-state index is 13.0. The highest BCUT2D eigenvalue weighted by Crippen LogP contribution is 2.24. The molecule has 1 aromatic rings. The molecular formula is C19H27N3O6S. The van der Waals surface area contributed by atoms with E-state index in [1.807, 2.05) is 0 Å². The second-order valence-corrected chi connectivity index (χ2v) is 9.03. The van der Waals surface area contributed by atoms with Gasteiger partial charge in [0, 0.05) is 12.6 Å². The fourth-order valence-electron chi connectivity index (χ4n) is 3.57. The first-order chi connectivity index (χ1) is 13.9. The van der Waals surface area contributed by atoms with Gasteiger partial charge in [-0.1, -0.05) is 12.8 Å². The molecule has 2 N–H and O–H groups in total. The molecular weight excluding hydrogens is 398 g/mol. The van der Waals surface area contributed by atoms with Crippen LogP contribution >= 0.6 is 0 Å². The summed E-state index contributed by atoms with van der Waals surface area (Å²) in [5.74, 6) is -0.930. The minimum absolute atomic E-state index is 0.0335. The van der Waals surface area contributed by atoms with Gasteiger partial charge in [-0.05, 0) is 43.5 Å². The Labute approximate surface area is 170 Å². The molecule has 1 saturated carbocycles. The number of nitrogens with one attached hydrogen (secondary N) is 2. The summed E-state index contributed by atoms with van der Waals surface area (Å²) in [6.45, 7) is 0.541. The molecule has 0 radical (unpaired) electrons. The molecule has 0 bridgehead atoms. The number of carbonyl (C=O) groups excluding carboxylic acids is 2.